The minimum atomic E-state index is -3.93. The number of amides is 1. The Balaban J connectivity index is 2.08. The Labute approximate surface area is 144 Å². The lowest BCUT2D eigenvalue weighted by Gasteiger charge is -2.08. The molecular weight excluding hydrogens is 346 g/mol. The number of hydrogen-bond donors (Lipinski definition) is 3. The summed E-state index contributed by atoms with van der Waals surface area (Å²) in [4.78, 5) is 25.6. The van der Waals surface area contributed by atoms with Crippen molar-refractivity contribution >= 4 is 33.3 Å². The minimum Gasteiger partial charge on any atom is -0.480 e. The molecule has 128 valence electrons. The number of aliphatic carboxylic acids is 1. The molecule has 2 rings (SSSR count). The summed E-state index contributed by atoms with van der Waals surface area (Å²) >= 11 is 0. The third-order valence-corrected chi connectivity index (χ3v) is 4.51. The Kier molecular flexibility index (Phi) is 5.49. The number of carbonyl (C=O) groups excluding carboxylic acids is 1. The maximum Gasteiger partial charge on any atom is 0.318 e. The van der Waals surface area contributed by atoms with Crippen molar-refractivity contribution in [3.05, 3.63) is 65.5 Å². The van der Waals surface area contributed by atoms with Crippen LogP contribution in [0.25, 0.3) is 4.85 Å². The van der Waals surface area contributed by atoms with Crippen molar-refractivity contribution in [2.24, 2.45) is 0 Å². The molecule has 0 aliphatic rings. The van der Waals surface area contributed by atoms with Gasteiger partial charge in [-0.15, -0.1) is 0 Å². The molecule has 0 unspecified atom stereocenters. The van der Waals surface area contributed by atoms with Gasteiger partial charge < -0.3 is 10.4 Å². The molecule has 0 spiro atoms. The summed E-state index contributed by atoms with van der Waals surface area (Å²) in [6.07, 6.45) is 0. The van der Waals surface area contributed by atoms with E-state index in [0.717, 1.165) is 0 Å². The third-order valence-electron chi connectivity index (χ3n) is 3.09. The van der Waals surface area contributed by atoms with Crippen LogP contribution >= 0.6 is 0 Å². The largest absolute Gasteiger partial charge is 0.480 e. The number of carboxylic acid groups (broad SMARTS) is 1. The first kappa shape index (κ1) is 18.1. The molecule has 0 aromatic heterocycles. The van der Waals surface area contributed by atoms with Gasteiger partial charge in [-0.25, -0.2) is 13.3 Å². The highest BCUT2D eigenvalue weighted by Crippen LogP contribution is 2.16. The molecule has 9 heteroatoms. The molecule has 0 heterocycles. The SMILES string of the molecule is [C-]#[N+]c1ccc(C(=O)Nc2ccc(S(=O)(=O)NCC(=O)O)cc2)cc1. The van der Waals surface area contributed by atoms with E-state index in [9.17, 15) is 18.0 Å². The normalized spacial score (nSPS) is 10.7. The van der Waals surface area contributed by atoms with Gasteiger partial charge in [-0.05, 0) is 24.3 Å². The molecule has 0 saturated carbocycles. The first-order valence-electron chi connectivity index (χ1n) is 6.92. The number of anilines is 1. The molecule has 0 aliphatic carbocycles. The van der Waals surface area contributed by atoms with Crippen molar-refractivity contribution in [1.82, 2.24) is 4.72 Å². The molecule has 8 nitrogen and oxygen atoms in total. The Hall–Kier alpha value is -3.22. The van der Waals surface area contributed by atoms with E-state index in [1.54, 1.807) is 0 Å². The van der Waals surface area contributed by atoms with Gasteiger partial charge in [0.1, 0.15) is 6.54 Å². The van der Waals surface area contributed by atoms with E-state index in [-0.39, 0.29) is 4.90 Å². The van der Waals surface area contributed by atoms with Crippen LogP contribution in [0, 0.1) is 6.57 Å². The van der Waals surface area contributed by atoms with Gasteiger partial charge in [0.2, 0.25) is 10.0 Å². The fourth-order valence-corrected chi connectivity index (χ4v) is 2.82. The van der Waals surface area contributed by atoms with E-state index in [2.05, 4.69) is 10.2 Å². The smallest absolute Gasteiger partial charge is 0.318 e. The van der Waals surface area contributed by atoms with Gasteiger partial charge in [0.25, 0.3) is 5.91 Å². The van der Waals surface area contributed by atoms with Gasteiger partial charge in [-0.2, -0.15) is 4.72 Å². The molecule has 25 heavy (non-hydrogen) atoms. The van der Waals surface area contributed by atoms with E-state index in [1.807, 2.05) is 4.72 Å². The van der Waals surface area contributed by atoms with Crippen molar-refractivity contribution in [3.8, 4) is 0 Å². The number of nitrogens with one attached hydrogen (secondary N) is 2. The zero-order valence-corrected chi connectivity index (χ0v) is 13.6. The predicted molar refractivity (Wildman–Crippen MR) is 89.9 cm³/mol. The summed E-state index contributed by atoms with van der Waals surface area (Å²) in [6, 6.07) is 11.3. The second-order valence-electron chi connectivity index (χ2n) is 4.86. The number of carboxylic acids is 1. The maximum absolute atomic E-state index is 12.1. The Bertz CT molecular complexity index is 929. The van der Waals surface area contributed by atoms with Gasteiger partial charge in [0, 0.05) is 11.3 Å². The second kappa shape index (κ2) is 7.57. The first-order chi connectivity index (χ1) is 11.8. The van der Waals surface area contributed by atoms with Gasteiger partial charge in [0.05, 0.1) is 11.5 Å². The number of hydrogen-bond acceptors (Lipinski definition) is 4. The van der Waals surface area contributed by atoms with E-state index < -0.39 is 28.4 Å². The molecule has 0 saturated heterocycles. The first-order valence-corrected chi connectivity index (χ1v) is 8.40. The summed E-state index contributed by atoms with van der Waals surface area (Å²) in [6.45, 7) is 6.14. The van der Waals surface area contributed by atoms with Crippen LogP contribution in [-0.2, 0) is 14.8 Å². The summed E-state index contributed by atoms with van der Waals surface area (Å²) in [5, 5.41) is 11.1. The standard InChI is InChI=1S/C16H13N3O5S/c1-17-12-4-2-11(3-5-12)16(22)19-13-6-8-14(9-7-13)25(23,24)18-10-15(20)21/h2-9,18H,10H2,(H,19,22)(H,20,21). The average Bonchev–Trinajstić information content (AvgIpc) is 2.60. The third kappa shape index (κ3) is 4.87. The zero-order chi connectivity index (χ0) is 18.4. The summed E-state index contributed by atoms with van der Waals surface area (Å²) in [5.74, 6) is -1.70. The average molecular weight is 359 g/mol. The number of rotatable bonds is 6. The summed E-state index contributed by atoms with van der Waals surface area (Å²) in [7, 11) is -3.93. The van der Waals surface area contributed by atoms with Crippen LogP contribution < -0.4 is 10.0 Å². The Morgan fingerprint density at radius 2 is 1.64 bits per heavy atom. The monoisotopic (exact) mass is 359 g/mol. The van der Waals surface area contributed by atoms with Crippen molar-refractivity contribution in [3.63, 3.8) is 0 Å². The van der Waals surface area contributed by atoms with Crippen molar-refractivity contribution < 1.29 is 23.1 Å². The molecule has 0 fully saturated rings. The topological polar surface area (TPSA) is 117 Å². The van der Waals surface area contributed by atoms with E-state index in [0.29, 0.717) is 16.9 Å². The lowest BCUT2D eigenvalue weighted by atomic mass is 10.2. The van der Waals surface area contributed by atoms with Crippen LogP contribution in [-0.4, -0.2) is 31.9 Å². The van der Waals surface area contributed by atoms with E-state index in [4.69, 9.17) is 11.7 Å². The summed E-state index contributed by atoms with van der Waals surface area (Å²) < 4.78 is 25.7. The second-order valence-corrected chi connectivity index (χ2v) is 6.62. The van der Waals surface area contributed by atoms with Gasteiger partial charge in [0.15, 0.2) is 5.69 Å². The fraction of sp³-hybridized carbons (Fsp3) is 0.0625. The number of sulfonamides is 1. The number of benzene rings is 2. The minimum absolute atomic E-state index is 0.117. The lowest BCUT2D eigenvalue weighted by molar-refractivity contribution is -0.135. The van der Waals surface area contributed by atoms with Gasteiger partial charge in [-0.1, -0.05) is 24.3 Å². The summed E-state index contributed by atoms with van der Waals surface area (Å²) in [5.41, 5.74) is 1.14. The molecule has 1 amide bonds. The molecule has 0 radical (unpaired) electrons. The lowest BCUT2D eigenvalue weighted by Crippen LogP contribution is -2.29. The number of carbonyl (C=O) groups is 2. The Morgan fingerprint density at radius 3 is 2.16 bits per heavy atom. The highest BCUT2D eigenvalue weighted by atomic mass is 32.2. The van der Waals surface area contributed by atoms with Crippen LogP contribution in [0.5, 0.6) is 0 Å². The molecule has 0 atom stereocenters. The van der Waals surface area contributed by atoms with Crippen LogP contribution in [0.15, 0.2) is 53.4 Å². The number of nitrogens with zero attached hydrogens (tertiary/aromatic N) is 1. The highest BCUT2D eigenvalue weighted by Gasteiger charge is 2.15. The van der Waals surface area contributed by atoms with E-state index >= 15 is 0 Å². The predicted octanol–water partition coefficient (Wildman–Crippen LogP) is 1.85. The molecule has 2 aromatic rings. The van der Waals surface area contributed by atoms with Crippen molar-refractivity contribution in [2.75, 3.05) is 11.9 Å². The van der Waals surface area contributed by atoms with Crippen LogP contribution in [0.2, 0.25) is 0 Å². The van der Waals surface area contributed by atoms with Crippen LogP contribution in [0.4, 0.5) is 11.4 Å². The van der Waals surface area contributed by atoms with Crippen LogP contribution in [0.1, 0.15) is 10.4 Å². The molecule has 2 aromatic carbocycles. The fourth-order valence-electron chi connectivity index (χ4n) is 1.85. The van der Waals surface area contributed by atoms with Crippen molar-refractivity contribution in [1.29, 1.82) is 0 Å². The molecule has 0 aliphatic heterocycles. The van der Waals surface area contributed by atoms with Crippen molar-refractivity contribution in [2.45, 2.75) is 4.90 Å². The zero-order valence-electron chi connectivity index (χ0n) is 12.8. The Morgan fingerprint density at radius 1 is 1.04 bits per heavy atom. The molecular formula is C16H13N3O5S. The van der Waals surface area contributed by atoms with Gasteiger partial charge >= 0.3 is 5.97 Å². The van der Waals surface area contributed by atoms with Crippen LogP contribution in [0.3, 0.4) is 0 Å². The molecule has 3 N–H and O–H groups in total. The quantitative estimate of drug-likeness (QED) is 0.681. The van der Waals surface area contributed by atoms with Gasteiger partial charge in [-0.3, -0.25) is 9.59 Å². The molecule has 0 bridgehead atoms. The highest BCUT2D eigenvalue weighted by molar-refractivity contribution is 7.89. The maximum atomic E-state index is 12.1. The van der Waals surface area contributed by atoms with E-state index in [1.165, 1.54) is 48.5 Å².